The minimum atomic E-state index is -0.479. The average Bonchev–Trinajstić information content (AvgIpc) is 2.84. The number of aliphatic imine (C=N–C) groups is 1. The van der Waals surface area contributed by atoms with Gasteiger partial charge in [0.1, 0.15) is 5.60 Å². The number of thiophene rings is 1. The molecule has 0 saturated heterocycles. The SMILES string of the molecule is CCNC(=NCc1ccc(C)s1)NCCNC(=O)OC(C)(C)C.I. The molecule has 0 aromatic carbocycles. The van der Waals surface area contributed by atoms with Crippen molar-refractivity contribution in [2.75, 3.05) is 19.6 Å². The Morgan fingerprint density at radius 3 is 2.42 bits per heavy atom. The van der Waals surface area contributed by atoms with Gasteiger partial charge in [0.05, 0.1) is 6.54 Å². The number of nitrogens with one attached hydrogen (secondary N) is 3. The maximum absolute atomic E-state index is 11.5. The van der Waals surface area contributed by atoms with Gasteiger partial charge in [-0.05, 0) is 46.8 Å². The number of aryl methyl sites for hydroxylation is 1. The van der Waals surface area contributed by atoms with Gasteiger partial charge < -0.3 is 20.7 Å². The fourth-order valence-electron chi connectivity index (χ4n) is 1.73. The summed E-state index contributed by atoms with van der Waals surface area (Å²) >= 11 is 1.75. The lowest BCUT2D eigenvalue weighted by atomic mass is 10.2. The van der Waals surface area contributed by atoms with Crippen molar-refractivity contribution in [2.24, 2.45) is 4.99 Å². The van der Waals surface area contributed by atoms with Crippen molar-refractivity contribution in [3.05, 3.63) is 21.9 Å². The molecule has 0 aliphatic heterocycles. The van der Waals surface area contributed by atoms with E-state index in [9.17, 15) is 4.79 Å². The van der Waals surface area contributed by atoms with Crippen LogP contribution in [0.3, 0.4) is 0 Å². The molecule has 0 aliphatic rings. The van der Waals surface area contributed by atoms with Crippen LogP contribution in [0.1, 0.15) is 37.4 Å². The summed E-state index contributed by atoms with van der Waals surface area (Å²) in [6.45, 7) is 12.1. The molecule has 0 saturated carbocycles. The Hall–Kier alpha value is -1.03. The molecule has 1 heterocycles. The molecule has 1 amide bonds. The normalized spacial score (nSPS) is 11.5. The predicted octanol–water partition coefficient (Wildman–Crippen LogP) is 3.25. The van der Waals surface area contributed by atoms with Crippen LogP contribution in [0.2, 0.25) is 0 Å². The number of rotatable bonds is 6. The van der Waals surface area contributed by atoms with Crippen LogP contribution in [0, 0.1) is 6.92 Å². The summed E-state index contributed by atoms with van der Waals surface area (Å²) in [6, 6.07) is 4.19. The minimum Gasteiger partial charge on any atom is -0.444 e. The van der Waals surface area contributed by atoms with Crippen LogP contribution < -0.4 is 16.0 Å². The van der Waals surface area contributed by atoms with E-state index in [1.807, 2.05) is 27.7 Å². The van der Waals surface area contributed by atoms with E-state index < -0.39 is 11.7 Å². The Kier molecular flexibility index (Phi) is 11.0. The number of alkyl carbamates (subject to hydrolysis) is 1. The molecule has 1 aromatic rings. The van der Waals surface area contributed by atoms with Gasteiger partial charge in [0.25, 0.3) is 0 Å². The van der Waals surface area contributed by atoms with Gasteiger partial charge in [-0.25, -0.2) is 9.79 Å². The summed E-state index contributed by atoms with van der Waals surface area (Å²) in [4.78, 5) is 18.6. The Morgan fingerprint density at radius 2 is 1.88 bits per heavy atom. The zero-order chi connectivity index (χ0) is 17.3. The van der Waals surface area contributed by atoms with Crippen molar-refractivity contribution in [3.8, 4) is 0 Å². The number of guanidine groups is 1. The number of hydrogen-bond acceptors (Lipinski definition) is 4. The lowest BCUT2D eigenvalue weighted by molar-refractivity contribution is 0.0529. The minimum absolute atomic E-state index is 0. The molecule has 0 spiro atoms. The quantitative estimate of drug-likeness (QED) is 0.259. The highest BCUT2D eigenvalue weighted by atomic mass is 127. The van der Waals surface area contributed by atoms with Gasteiger partial charge in [-0.15, -0.1) is 35.3 Å². The first kappa shape index (κ1) is 23.0. The van der Waals surface area contributed by atoms with Crippen molar-refractivity contribution >= 4 is 47.4 Å². The summed E-state index contributed by atoms with van der Waals surface area (Å²) in [5.74, 6) is 0.740. The first-order chi connectivity index (χ1) is 10.8. The lowest BCUT2D eigenvalue weighted by Gasteiger charge is -2.19. The Labute approximate surface area is 165 Å². The predicted molar refractivity (Wildman–Crippen MR) is 112 cm³/mol. The molecule has 6 nitrogen and oxygen atoms in total. The number of nitrogens with zero attached hydrogens (tertiary/aromatic N) is 1. The van der Waals surface area contributed by atoms with E-state index in [0.717, 1.165) is 12.5 Å². The Bertz CT molecular complexity index is 526. The third-order valence-electron chi connectivity index (χ3n) is 2.62. The van der Waals surface area contributed by atoms with Crippen LogP contribution in [-0.4, -0.2) is 37.3 Å². The number of hydrogen-bond donors (Lipinski definition) is 3. The highest BCUT2D eigenvalue weighted by molar-refractivity contribution is 14.0. The molecular formula is C16H29IN4O2S. The maximum Gasteiger partial charge on any atom is 0.407 e. The highest BCUT2D eigenvalue weighted by Crippen LogP contribution is 2.15. The molecule has 0 bridgehead atoms. The van der Waals surface area contributed by atoms with E-state index in [1.165, 1.54) is 9.75 Å². The lowest BCUT2D eigenvalue weighted by Crippen LogP contribution is -2.42. The monoisotopic (exact) mass is 468 g/mol. The molecule has 0 fully saturated rings. The molecule has 1 aromatic heterocycles. The topological polar surface area (TPSA) is 74.8 Å². The molecule has 8 heteroatoms. The van der Waals surface area contributed by atoms with Crippen molar-refractivity contribution in [3.63, 3.8) is 0 Å². The van der Waals surface area contributed by atoms with Crippen LogP contribution >= 0.6 is 35.3 Å². The molecular weight excluding hydrogens is 439 g/mol. The van der Waals surface area contributed by atoms with Crippen molar-refractivity contribution < 1.29 is 9.53 Å². The zero-order valence-corrected chi connectivity index (χ0v) is 18.2. The van der Waals surface area contributed by atoms with E-state index in [-0.39, 0.29) is 24.0 Å². The molecule has 138 valence electrons. The van der Waals surface area contributed by atoms with Gasteiger partial charge in [-0.3, -0.25) is 0 Å². The van der Waals surface area contributed by atoms with Gasteiger partial charge in [0.15, 0.2) is 5.96 Å². The van der Waals surface area contributed by atoms with Crippen LogP contribution in [0.5, 0.6) is 0 Å². The molecule has 1 rings (SSSR count). The summed E-state index contributed by atoms with van der Waals surface area (Å²) in [5.41, 5.74) is -0.479. The summed E-state index contributed by atoms with van der Waals surface area (Å²) < 4.78 is 5.18. The van der Waals surface area contributed by atoms with Crippen LogP contribution in [0.25, 0.3) is 0 Å². The fourth-order valence-corrected chi connectivity index (χ4v) is 2.54. The first-order valence-electron chi connectivity index (χ1n) is 7.84. The van der Waals surface area contributed by atoms with E-state index in [2.05, 4.69) is 40.0 Å². The number of ether oxygens (including phenoxy) is 1. The number of carbonyl (C=O) groups is 1. The molecule has 24 heavy (non-hydrogen) atoms. The molecule has 0 atom stereocenters. The molecule has 0 aliphatic carbocycles. The molecule has 0 unspecified atom stereocenters. The van der Waals surface area contributed by atoms with Gasteiger partial charge >= 0.3 is 6.09 Å². The molecule has 3 N–H and O–H groups in total. The average molecular weight is 468 g/mol. The van der Waals surface area contributed by atoms with Gasteiger partial charge in [-0.1, -0.05) is 0 Å². The van der Waals surface area contributed by atoms with E-state index in [4.69, 9.17) is 4.74 Å². The van der Waals surface area contributed by atoms with Gasteiger partial charge in [-0.2, -0.15) is 0 Å². The van der Waals surface area contributed by atoms with Gasteiger partial charge in [0, 0.05) is 29.4 Å². The largest absolute Gasteiger partial charge is 0.444 e. The molecule has 0 radical (unpaired) electrons. The van der Waals surface area contributed by atoms with Crippen molar-refractivity contribution in [2.45, 2.75) is 46.8 Å². The second-order valence-corrected chi connectivity index (χ2v) is 7.44. The number of amides is 1. The standard InChI is InChI=1S/C16H28N4O2S.HI/c1-6-17-14(20-11-13-8-7-12(2)23-13)18-9-10-19-15(21)22-16(3,4)5;/h7-8H,6,9-11H2,1-5H3,(H,19,21)(H2,17,18,20);1H. The van der Waals surface area contributed by atoms with Gasteiger partial charge in [0.2, 0.25) is 0 Å². The Balaban J connectivity index is 0.00000529. The maximum atomic E-state index is 11.5. The van der Waals surface area contributed by atoms with Crippen LogP contribution in [0.15, 0.2) is 17.1 Å². The zero-order valence-electron chi connectivity index (χ0n) is 15.1. The third kappa shape index (κ3) is 10.7. The third-order valence-corrected chi connectivity index (χ3v) is 3.60. The van der Waals surface area contributed by atoms with Crippen molar-refractivity contribution in [1.29, 1.82) is 0 Å². The summed E-state index contributed by atoms with van der Waals surface area (Å²) in [7, 11) is 0. The smallest absolute Gasteiger partial charge is 0.407 e. The fraction of sp³-hybridized carbons (Fsp3) is 0.625. The number of halogens is 1. The van der Waals surface area contributed by atoms with Crippen molar-refractivity contribution in [1.82, 2.24) is 16.0 Å². The second kappa shape index (κ2) is 11.5. The summed E-state index contributed by atoms with van der Waals surface area (Å²) in [6.07, 6.45) is -0.407. The van der Waals surface area contributed by atoms with E-state index in [1.54, 1.807) is 11.3 Å². The van der Waals surface area contributed by atoms with E-state index >= 15 is 0 Å². The van der Waals surface area contributed by atoms with Crippen LogP contribution in [0.4, 0.5) is 4.79 Å². The van der Waals surface area contributed by atoms with E-state index in [0.29, 0.717) is 19.6 Å². The second-order valence-electron chi connectivity index (χ2n) is 6.06. The highest BCUT2D eigenvalue weighted by Gasteiger charge is 2.15. The first-order valence-corrected chi connectivity index (χ1v) is 8.66. The number of carbonyl (C=O) groups excluding carboxylic acids is 1. The van der Waals surface area contributed by atoms with Crippen LogP contribution in [-0.2, 0) is 11.3 Å². The Morgan fingerprint density at radius 1 is 1.21 bits per heavy atom. The summed E-state index contributed by atoms with van der Waals surface area (Å²) in [5, 5.41) is 9.08.